The molecule has 4 atom stereocenters. The van der Waals surface area contributed by atoms with Crippen LogP contribution in [0.4, 0.5) is 0 Å². The number of carbonyl (C=O) groups is 2. The Kier molecular flexibility index (Phi) is 7.61. The topological polar surface area (TPSA) is 58.6 Å². The molecule has 0 spiro atoms. The highest BCUT2D eigenvalue weighted by Gasteiger charge is 2.53. The summed E-state index contributed by atoms with van der Waals surface area (Å²) in [6.45, 7) is 4.70. The number of alkyl halides is 3. The minimum Gasteiger partial charge on any atom is -0.359 e. The Labute approximate surface area is 212 Å². The van der Waals surface area contributed by atoms with Crippen LogP contribution in [-0.4, -0.2) is 43.7 Å². The fraction of sp³-hybridized carbons (Fsp3) is 0.333. The first-order valence-electron chi connectivity index (χ1n) is 10.4. The lowest BCUT2D eigenvalue weighted by atomic mass is 10.0. The van der Waals surface area contributed by atoms with E-state index in [0.717, 1.165) is 11.1 Å². The Hall–Kier alpha value is -1.70. The Morgan fingerprint density at radius 3 is 2.42 bits per heavy atom. The fourth-order valence-corrected chi connectivity index (χ4v) is 6.25. The van der Waals surface area contributed by atoms with Gasteiger partial charge in [0.1, 0.15) is 11.4 Å². The molecule has 2 aliphatic heterocycles. The van der Waals surface area contributed by atoms with Gasteiger partial charge >= 0.3 is 0 Å². The highest BCUT2D eigenvalue weighted by molar-refractivity contribution is 8.00. The van der Waals surface area contributed by atoms with E-state index in [4.69, 9.17) is 39.5 Å². The van der Waals surface area contributed by atoms with Gasteiger partial charge in [-0.3, -0.25) is 9.59 Å². The molecule has 2 amide bonds. The Bertz CT molecular complexity index is 1020. The van der Waals surface area contributed by atoms with Crippen LogP contribution in [0.2, 0.25) is 0 Å². The summed E-state index contributed by atoms with van der Waals surface area (Å²) >= 11 is 19.4. The number of nitrogens with zero attached hydrogens (tertiary/aromatic N) is 1. The number of fused-ring (bicyclic) bond motifs is 1. The van der Waals surface area contributed by atoms with Crippen LogP contribution in [0.5, 0.6) is 0 Å². The molecular formula is C24H23Cl3N2O3S. The molecule has 0 aliphatic carbocycles. The average molecular weight is 526 g/mol. The zero-order valence-corrected chi connectivity index (χ0v) is 20.7. The van der Waals surface area contributed by atoms with E-state index in [0.29, 0.717) is 12.1 Å². The van der Waals surface area contributed by atoms with E-state index < -0.39 is 15.9 Å². The minimum absolute atomic E-state index is 0.120. The quantitative estimate of drug-likeness (QED) is 0.313. The second-order valence-electron chi connectivity index (χ2n) is 8.03. The van der Waals surface area contributed by atoms with Gasteiger partial charge in [-0.2, -0.15) is 0 Å². The smallest absolute Gasteiger partial charge is 0.254 e. The van der Waals surface area contributed by atoms with E-state index in [2.05, 4.69) is 11.9 Å². The number of hydrogen-bond donors (Lipinski definition) is 1. The molecule has 4 rings (SSSR count). The molecule has 3 unspecified atom stereocenters. The molecule has 2 aromatic carbocycles. The number of carbonyl (C=O) groups excluding carboxylic acids is 2. The van der Waals surface area contributed by atoms with Gasteiger partial charge in [-0.1, -0.05) is 102 Å². The third kappa shape index (κ3) is 5.87. The maximum absolute atomic E-state index is 13.3. The van der Waals surface area contributed by atoms with Crippen LogP contribution >= 0.6 is 46.6 Å². The van der Waals surface area contributed by atoms with Crippen LogP contribution in [0, 0.1) is 0 Å². The van der Waals surface area contributed by atoms with E-state index in [9.17, 15) is 9.59 Å². The van der Waals surface area contributed by atoms with Crippen LogP contribution in [0.25, 0.3) is 0 Å². The van der Waals surface area contributed by atoms with Gasteiger partial charge in [0.15, 0.2) is 9.90 Å². The predicted molar refractivity (Wildman–Crippen MR) is 133 cm³/mol. The summed E-state index contributed by atoms with van der Waals surface area (Å²) in [4.78, 5) is 27.7. The lowest BCUT2D eigenvalue weighted by Crippen LogP contribution is -2.71. The molecule has 9 heteroatoms. The normalized spacial score (nSPS) is 23.5. The molecule has 2 saturated heterocycles. The van der Waals surface area contributed by atoms with Gasteiger partial charge in [0.05, 0.1) is 6.61 Å². The number of nitrogens with one attached hydrogen (secondary N) is 1. The van der Waals surface area contributed by atoms with E-state index in [1.54, 1.807) is 4.90 Å². The Morgan fingerprint density at radius 1 is 1.15 bits per heavy atom. The first-order chi connectivity index (χ1) is 15.7. The Morgan fingerprint density at radius 2 is 1.79 bits per heavy atom. The van der Waals surface area contributed by atoms with Crippen molar-refractivity contribution in [2.45, 2.75) is 39.6 Å². The van der Waals surface area contributed by atoms with Crippen molar-refractivity contribution in [2.75, 3.05) is 6.54 Å². The van der Waals surface area contributed by atoms with Gasteiger partial charge in [0, 0.05) is 18.2 Å². The number of thioether (sulfide) groups is 1. The van der Waals surface area contributed by atoms with Gasteiger partial charge in [-0.05, 0) is 16.7 Å². The minimum atomic E-state index is -1.42. The zero-order valence-electron chi connectivity index (χ0n) is 17.6. The summed E-state index contributed by atoms with van der Waals surface area (Å²) < 4.78 is 4.59. The van der Waals surface area contributed by atoms with Crippen LogP contribution in [0.1, 0.15) is 23.7 Å². The summed E-state index contributed by atoms with van der Waals surface area (Å²) in [6, 6.07) is 18.2. The average Bonchev–Trinajstić information content (AvgIpc) is 2.79. The van der Waals surface area contributed by atoms with Crippen LogP contribution < -0.4 is 5.32 Å². The van der Waals surface area contributed by atoms with Crippen LogP contribution in [-0.2, 0) is 20.9 Å². The van der Waals surface area contributed by atoms with Crippen molar-refractivity contribution in [2.24, 2.45) is 0 Å². The first kappa shape index (κ1) is 24.4. The van der Waals surface area contributed by atoms with Crippen molar-refractivity contribution < 1.29 is 14.3 Å². The predicted octanol–water partition coefficient (Wildman–Crippen LogP) is 5.03. The molecule has 0 bridgehead atoms. The SMILES string of the molecule is C=C1CN2C(=O)C(NC(=O)C(OCc3ccccc3)c3ccccc3)[C@H]2SC1CC(Cl)(Cl)Cl. The number of benzene rings is 2. The van der Waals surface area contributed by atoms with Gasteiger partial charge in [0.25, 0.3) is 5.91 Å². The van der Waals surface area contributed by atoms with Gasteiger partial charge in [0.2, 0.25) is 5.91 Å². The number of hydrogen-bond acceptors (Lipinski definition) is 4. The fourth-order valence-electron chi connectivity index (χ4n) is 3.90. The maximum Gasteiger partial charge on any atom is 0.254 e. The first-order valence-corrected chi connectivity index (χ1v) is 12.5. The van der Waals surface area contributed by atoms with E-state index in [-0.39, 0.29) is 35.5 Å². The third-order valence-corrected chi connectivity index (χ3v) is 7.69. The molecule has 2 fully saturated rings. The van der Waals surface area contributed by atoms with Crippen LogP contribution in [0.3, 0.4) is 0 Å². The summed E-state index contributed by atoms with van der Waals surface area (Å²) in [5, 5.41) is 2.53. The summed E-state index contributed by atoms with van der Waals surface area (Å²) in [6.07, 6.45) is -0.568. The molecular weight excluding hydrogens is 503 g/mol. The lowest BCUT2D eigenvalue weighted by molar-refractivity contribution is -0.151. The molecule has 2 aliphatic rings. The molecule has 2 aromatic rings. The lowest BCUT2D eigenvalue weighted by Gasteiger charge is -2.52. The summed E-state index contributed by atoms with van der Waals surface area (Å²) in [5.74, 6) is -0.512. The zero-order chi connectivity index (χ0) is 23.6. The molecule has 1 N–H and O–H groups in total. The maximum atomic E-state index is 13.3. The molecule has 0 saturated carbocycles. The van der Waals surface area contributed by atoms with E-state index in [1.807, 2.05) is 60.7 Å². The molecule has 0 aromatic heterocycles. The van der Waals surface area contributed by atoms with Crippen molar-refractivity contribution in [3.05, 3.63) is 83.9 Å². The largest absolute Gasteiger partial charge is 0.359 e. The number of β-lactam (4-membered cyclic amide) rings is 1. The third-order valence-electron chi connectivity index (χ3n) is 5.59. The highest BCUT2D eigenvalue weighted by atomic mass is 35.6. The number of amides is 2. The van der Waals surface area contributed by atoms with E-state index >= 15 is 0 Å². The van der Waals surface area contributed by atoms with Crippen LogP contribution in [0.15, 0.2) is 72.8 Å². The monoisotopic (exact) mass is 524 g/mol. The van der Waals surface area contributed by atoms with Gasteiger partial charge in [-0.25, -0.2) is 0 Å². The van der Waals surface area contributed by atoms with Crippen molar-refractivity contribution in [3.8, 4) is 0 Å². The molecule has 2 heterocycles. The second-order valence-corrected chi connectivity index (χ2v) is 11.9. The van der Waals surface area contributed by atoms with Gasteiger partial charge < -0.3 is 15.0 Å². The number of ether oxygens (including phenoxy) is 1. The molecule has 174 valence electrons. The standard InChI is InChI=1S/C24H23Cl3N2O3S/c1-15-13-29-22(31)19(23(29)33-18(15)12-24(25,26)27)28-21(30)20(17-10-6-3-7-11-17)32-14-16-8-4-2-5-9-16/h2-11,18-20,23H,1,12-14H2,(H,28,30)/t18?,19?,20?,23-/m1/s1. The second kappa shape index (κ2) is 10.3. The molecule has 5 nitrogen and oxygen atoms in total. The van der Waals surface area contributed by atoms with Gasteiger partial charge in [-0.15, -0.1) is 11.8 Å². The van der Waals surface area contributed by atoms with E-state index in [1.165, 1.54) is 11.8 Å². The highest BCUT2D eigenvalue weighted by Crippen LogP contribution is 2.46. The summed E-state index contributed by atoms with van der Waals surface area (Å²) in [5.41, 5.74) is 2.50. The number of rotatable bonds is 7. The van der Waals surface area contributed by atoms with Crippen molar-refractivity contribution in [3.63, 3.8) is 0 Å². The molecule has 33 heavy (non-hydrogen) atoms. The van der Waals surface area contributed by atoms with Crippen molar-refractivity contribution in [1.29, 1.82) is 0 Å². The number of halogens is 3. The van der Waals surface area contributed by atoms with Crippen molar-refractivity contribution in [1.82, 2.24) is 10.2 Å². The van der Waals surface area contributed by atoms with Crippen molar-refractivity contribution >= 4 is 58.4 Å². The Balaban J connectivity index is 1.46. The summed E-state index contributed by atoms with van der Waals surface area (Å²) in [7, 11) is 0. The molecule has 0 radical (unpaired) electrons.